The highest BCUT2D eigenvalue weighted by atomic mass is 16.2. The molecule has 0 spiro atoms. The minimum absolute atomic E-state index is 0.278. The Labute approximate surface area is 167 Å². The number of carbonyl (C=O) groups excluding carboxylic acids is 1. The van der Waals surface area contributed by atoms with Gasteiger partial charge in [-0.05, 0) is 24.0 Å². The number of benzene rings is 1. The predicted molar refractivity (Wildman–Crippen MR) is 112 cm³/mol. The summed E-state index contributed by atoms with van der Waals surface area (Å²) in [4.78, 5) is 23.2. The van der Waals surface area contributed by atoms with Crippen LogP contribution >= 0.6 is 0 Å². The number of nitrogens with one attached hydrogen (secondary N) is 1. The maximum atomic E-state index is 11.9. The predicted octanol–water partition coefficient (Wildman–Crippen LogP) is 1.83. The smallest absolute Gasteiger partial charge is 0.222 e. The average Bonchev–Trinajstić information content (AvgIpc) is 3.45. The number of hydrogen-bond donors (Lipinski definition) is 1. The lowest BCUT2D eigenvalue weighted by atomic mass is 10.1. The maximum Gasteiger partial charge on any atom is 0.222 e. The second-order valence-electron chi connectivity index (χ2n) is 7.95. The summed E-state index contributed by atoms with van der Waals surface area (Å²) in [5.74, 6) is 1.26. The molecule has 2 fully saturated rings. The van der Waals surface area contributed by atoms with Crippen molar-refractivity contribution >= 4 is 11.9 Å². The molecule has 1 aromatic carbocycles. The van der Waals surface area contributed by atoms with Crippen molar-refractivity contribution in [3.05, 3.63) is 47.5 Å². The minimum atomic E-state index is 0.278. The Morgan fingerprint density at radius 3 is 2.79 bits per heavy atom. The Hall–Kier alpha value is -2.34. The first-order chi connectivity index (χ1) is 13.7. The van der Waals surface area contributed by atoms with E-state index in [4.69, 9.17) is 0 Å². The first-order valence-electron chi connectivity index (χ1n) is 10.4. The third kappa shape index (κ3) is 4.38. The molecule has 0 radical (unpaired) electrons. The quantitative estimate of drug-likeness (QED) is 0.480. The molecule has 0 aliphatic carbocycles. The first kappa shape index (κ1) is 19.0. The Morgan fingerprint density at radius 1 is 1.21 bits per heavy atom. The van der Waals surface area contributed by atoms with Gasteiger partial charge in [0.2, 0.25) is 5.91 Å². The number of hydrogen-bond acceptors (Lipinski definition) is 3. The van der Waals surface area contributed by atoms with Crippen LogP contribution in [0.3, 0.4) is 0 Å². The third-order valence-electron chi connectivity index (χ3n) is 6.02. The van der Waals surface area contributed by atoms with Crippen molar-refractivity contribution < 1.29 is 4.79 Å². The van der Waals surface area contributed by atoms with Gasteiger partial charge in [0, 0.05) is 65.3 Å². The van der Waals surface area contributed by atoms with Gasteiger partial charge >= 0.3 is 0 Å². The van der Waals surface area contributed by atoms with Gasteiger partial charge < -0.3 is 15.1 Å². The Balaban J connectivity index is 1.30. The van der Waals surface area contributed by atoms with Gasteiger partial charge in [0.15, 0.2) is 5.96 Å². The molecule has 1 aromatic rings. The number of nitrogens with zero attached hydrogens (tertiary/aromatic N) is 4. The fourth-order valence-corrected chi connectivity index (χ4v) is 4.47. The highest BCUT2D eigenvalue weighted by Crippen LogP contribution is 2.18. The molecule has 1 amide bonds. The van der Waals surface area contributed by atoms with E-state index in [1.54, 1.807) is 0 Å². The molecule has 6 nitrogen and oxygen atoms in total. The van der Waals surface area contributed by atoms with Crippen LogP contribution in [0.2, 0.25) is 0 Å². The fraction of sp³-hybridized carbons (Fsp3) is 0.545. The lowest BCUT2D eigenvalue weighted by molar-refractivity contribution is -0.128. The zero-order valence-corrected chi connectivity index (χ0v) is 16.8. The number of rotatable bonds is 5. The maximum absolute atomic E-state index is 11.9. The van der Waals surface area contributed by atoms with Crippen LogP contribution in [0.15, 0.2) is 41.4 Å². The van der Waals surface area contributed by atoms with E-state index in [1.165, 1.54) is 17.5 Å². The molecule has 150 valence electrons. The Bertz CT molecular complexity index is 751. The standard InChI is InChI=1S/C22H31N5O/c1-23-22(27-13-9-20(17-27)25-10-2-3-11-25)24-15-18-6-4-7-19(14-18)16-26-12-5-8-21(26)28/h2-4,6-7,14,20H,5,8-13,15-17H2,1H3,(H,23,24). The number of amides is 1. The topological polar surface area (TPSA) is 51.2 Å². The highest BCUT2D eigenvalue weighted by molar-refractivity contribution is 5.80. The second kappa shape index (κ2) is 8.78. The molecule has 1 N–H and O–H groups in total. The van der Waals surface area contributed by atoms with Crippen molar-refractivity contribution in [1.29, 1.82) is 0 Å². The van der Waals surface area contributed by atoms with Gasteiger partial charge in [-0.15, -0.1) is 0 Å². The van der Waals surface area contributed by atoms with Crippen LogP contribution in [-0.2, 0) is 17.9 Å². The highest BCUT2D eigenvalue weighted by Gasteiger charge is 2.29. The molecule has 3 heterocycles. The summed E-state index contributed by atoms with van der Waals surface area (Å²) in [5, 5.41) is 3.53. The van der Waals surface area contributed by atoms with Gasteiger partial charge in [-0.1, -0.05) is 36.4 Å². The molecular formula is C22H31N5O. The summed E-state index contributed by atoms with van der Waals surface area (Å²) in [6, 6.07) is 9.16. The summed E-state index contributed by atoms with van der Waals surface area (Å²) in [6.07, 6.45) is 7.40. The van der Waals surface area contributed by atoms with Crippen LogP contribution in [0.5, 0.6) is 0 Å². The van der Waals surface area contributed by atoms with Gasteiger partial charge in [0.25, 0.3) is 0 Å². The van der Waals surface area contributed by atoms with E-state index in [0.29, 0.717) is 12.5 Å². The van der Waals surface area contributed by atoms with Gasteiger partial charge in [-0.2, -0.15) is 0 Å². The van der Waals surface area contributed by atoms with Crippen LogP contribution in [0, 0.1) is 0 Å². The summed E-state index contributed by atoms with van der Waals surface area (Å²) in [7, 11) is 1.86. The second-order valence-corrected chi connectivity index (χ2v) is 7.95. The van der Waals surface area contributed by atoms with Gasteiger partial charge in [0.1, 0.15) is 0 Å². The molecule has 2 saturated heterocycles. The van der Waals surface area contributed by atoms with E-state index in [-0.39, 0.29) is 5.91 Å². The molecule has 3 aliphatic rings. The van der Waals surface area contributed by atoms with Gasteiger partial charge in [0.05, 0.1) is 0 Å². The molecule has 1 unspecified atom stereocenters. The van der Waals surface area contributed by atoms with Gasteiger partial charge in [-0.25, -0.2) is 0 Å². The van der Waals surface area contributed by atoms with Crippen LogP contribution in [-0.4, -0.2) is 72.4 Å². The van der Waals surface area contributed by atoms with E-state index in [2.05, 4.69) is 56.5 Å². The van der Waals surface area contributed by atoms with Crippen molar-refractivity contribution in [1.82, 2.24) is 20.0 Å². The fourth-order valence-electron chi connectivity index (χ4n) is 4.47. The molecule has 6 heteroatoms. The Kier molecular flexibility index (Phi) is 5.95. The molecule has 3 aliphatic heterocycles. The zero-order chi connectivity index (χ0) is 19.3. The van der Waals surface area contributed by atoms with Crippen molar-refractivity contribution in [2.24, 2.45) is 4.99 Å². The number of aliphatic imine (C=N–C) groups is 1. The van der Waals surface area contributed by atoms with E-state index in [9.17, 15) is 4.79 Å². The average molecular weight is 382 g/mol. The summed E-state index contributed by atoms with van der Waals surface area (Å²) in [5.41, 5.74) is 2.43. The van der Waals surface area contributed by atoms with Crippen LogP contribution in [0.4, 0.5) is 0 Å². The Morgan fingerprint density at radius 2 is 2.04 bits per heavy atom. The molecule has 0 saturated carbocycles. The molecule has 28 heavy (non-hydrogen) atoms. The van der Waals surface area contributed by atoms with Crippen LogP contribution in [0.25, 0.3) is 0 Å². The monoisotopic (exact) mass is 381 g/mol. The molecule has 0 bridgehead atoms. The lowest BCUT2D eigenvalue weighted by Gasteiger charge is -2.25. The zero-order valence-electron chi connectivity index (χ0n) is 16.8. The van der Waals surface area contributed by atoms with Crippen molar-refractivity contribution in [3.8, 4) is 0 Å². The van der Waals surface area contributed by atoms with Crippen LogP contribution < -0.4 is 5.32 Å². The molecule has 4 rings (SSSR count). The summed E-state index contributed by atoms with van der Waals surface area (Å²) in [6.45, 7) is 6.61. The largest absolute Gasteiger partial charge is 0.352 e. The lowest BCUT2D eigenvalue weighted by Crippen LogP contribution is -2.42. The van der Waals surface area contributed by atoms with Crippen molar-refractivity contribution in [2.75, 3.05) is 39.8 Å². The summed E-state index contributed by atoms with van der Waals surface area (Å²) < 4.78 is 0. The van der Waals surface area contributed by atoms with E-state index < -0.39 is 0 Å². The van der Waals surface area contributed by atoms with Gasteiger partial charge in [-0.3, -0.25) is 14.7 Å². The molecule has 1 atom stereocenters. The van der Waals surface area contributed by atoms with Crippen molar-refractivity contribution in [3.63, 3.8) is 0 Å². The van der Waals surface area contributed by atoms with E-state index in [0.717, 1.165) is 58.2 Å². The third-order valence-corrected chi connectivity index (χ3v) is 6.02. The normalized spacial score (nSPS) is 23.2. The van der Waals surface area contributed by atoms with Crippen molar-refractivity contribution in [2.45, 2.75) is 38.4 Å². The van der Waals surface area contributed by atoms with E-state index >= 15 is 0 Å². The number of guanidine groups is 1. The van der Waals surface area contributed by atoms with Crippen LogP contribution in [0.1, 0.15) is 30.4 Å². The number of carbonyl (C=O) groups is 1. The summed E-state index contributed by atoms with van der Waals surface area (Å²) >= 11 is 0. The molecular weight excluding hydrogens is 350 g/mol. The number of likely N-dealkylation sites (tertiary alicyclic amines) is 2. The minimum Gasteiger partial charge on any atom is -0.352 e. The first-order valence-corrected chi connectivity index (χ1v) is 10.4. The molecule has 0 aromatic heterocycles. The SMILES string of the molecule is CN=C(NCc1cccc(CN2CCCC2=O)c1)N1CCC(N2CC=CC2)C1. The van der Waals surface area contributed by atoms with E-state index in [1.807, 2.05) is 11.9 Å².